The highest BCUT2D eigenvalue weighted by molar-refractivity contribution is 5.83. The summed E-state index contributed by atoms with van der Waals surface area (Å²) in [6, 6.07) is 7.84. The molecule has 0 atom stereocenters. The van der Waals surface area contributed by atoms with Gasteiger partial charge in [0, 0.05) is 11.1 Å². The van der Waals surface area contributed by atoms with Crippen molar-refractivity contribution in [2.24, 2.45) is 0 Å². The van der Waals surface area contributed by atoms with Crippen LogP contribution in [0.15, 0.2) is 28.8 Å². The summed E-state index contributed by atoms with van der Waals surface area (Å²) in [5, 5.41) is 3.75. The number of ether oxygens (including phenoxy) is 1. The Labute approximate surface area is 91.5 Å². The first-order valence-corrected chi connectivity index (χ1v) is 4.85. The number of nitrogens with zero attached hydrogens (tertiary/aromatic N) is 2. The number of nitrogens with two attached hydrogens (primary N) is 1. The summed E-state index contributed by atoms with van der Waals surface area (Å²) < 4.78 is 10.3. The van der Waals surface area contributed by atoms with Gasteiger partial charge in [0.15, 0.2) is 0 Å². The average molecular weight is 215 g/mol. The molecule has 0 radical (unpaired) electrons. The van der Waals surface area contributed by atoms with Crippen molar-refractivity contribution >= 4 is 17.7 Å². The predicted octanol–water partition coefficient (Wildman–Crippen LogP) is 1.58. The van der Waals surface area contributed by atoms with Crippen LogP contribution in [0, 0.1) is 0 Å². The number of nitrogen functional groups attached to an aromatic ring is 1. The third-order valence-corrected chi connectivity index (χ3v) is 2.36. The summed E-state index contributed by atoms with van der Waals surface area (Å²) >= 11 is 0. The van der Waals surface area contributed by atoms with E-state index in [9.17, 15) is 0 Å². The van der Waals surface area contributed by atoms with Crippen molar-refractivity contribution in [3.8, 4) is 5.75 Å². The summed E-state index contributed by atoms with van der Waals surface area (Å²) in [6.45, 7) is 0.427. The van der Waals surface area contributed by atoms with Gasteiger partial charge in [0.25, 0.3) is 0 Å². The first-order chi connectivity index (χ1) is 7.83. The number of hydrogen-bond donors (Lipinski definition) is 1. The monoisotopic (exact) mass is 215 g/mol. The molecule has 0 saturated carbocycles. The van der Waals surface area contributed by atoms with E-state index in [4.69, 9.17) is 15.0 Å². The second-order valence-electron chi connectivity index (χ2n) is 3.45. The zero-order valence-electron chi connectivity index (χ0n) is 8.38. The van der Waals surface area contributed by atoms with Gasteiger partial charge < -0.3 is 15.0 Å². The van der Waals surface area contributed by atoms with Crippen molar-refractivity contribution < 1.29 is 9.26 Å². The van der Waals surface area contributed by atoms with E-state index < -0.39 is 0 Å². The van der Waals surface area contributed by atoms with Crippen LogP contribution in [0.2, 0.25) is 0 Å². The number of aromatic nitrogens is 2. The van der Waals surface area contributed by atoms with E-state index >= 15 is 0 Å². The van der Waals surface area contributed by atoms with Gasteiger partial charge in [0.05, 0.1) is 0 Å². The highest BCUT2D eigenvalue weighted by Crippen LogP contribution is 2.29. The van der Waals surface area contributed by atoms with Gasteiger partial charge in [-0.2, -0.15) is 4.98 Å². The van der Waals surface area contributed by atoms with Crippen molar-refractivity contribution in [2.45, 2.75) is 0 Å². The molecule has 0 aliphatic carbocycles. The number of rotatable bonds is 1. The summed E-state index contributed by atoms with van der Waals surface area (Å²) in [5.74, 6) is 1.34. The third kappa shape index (κ3) is 1.42. The molecule has 5 nitrogen and oxygen atoms in total. The van der Waals surface area contributed by atoms with E-state index in [1.54, 1.807) is 0 Å². The molecule has 1 aromatic carbocycles. The van der Waals surface area contributed by atoms with Gasteiger partial charge in [0.1, 0.15) is 12.4 Å². The molecule has 80 valence electrons. The summed E-state index contributed by atoms with van der Waals surface area (Å²) in [6.07, 6.45) is 1.98. The fourth-order valence-electron chi connectivity index (χ4n) is 1.61. The number of benzene rings is 1. The quantitative estimate of drug-likeness (QED) is 0.781. The molecule has 0 fully saturated rings. The largest absolute Gasteiger partial charge is 0.488 e. The molecule has 2 N–H and O–H groups in total. The minimum Gasteiger partial charge on any atom is -0.488 e. The van der Waals surface area contributed by atoms with Gasteiger partial charge in [-0.05, 0) is 12.1 Å². The Morgan fingerprint density at radius 2 is 2.12 bits per heavy atom. The van der Waals surface area contributed by atoms with Gasteiger partial charge in [-0.15, -0.1) is 0 Å². The van der Waals surface area contributed by atoms with E-state index in [0.29, 0.717) is 12.4 Å². The fraction of sp³-hybridized carbons (Fsp3) is 0.0909. The summed E-state index contributed by atoms with van der Waals surface area (Å²) in [4.78, 5) is 3.96. The Hall–Kier alpha value is -2.30. The first kappa shape index (κ1) is 8.96. The number of hydrogen-bond acceptors (Lipinski definition) is 5. The van der Waals surface area contributed by atoms with E-state index in [-0.39, 0.29) is 6.01 Å². The Morgan fingerprint density at radius 1 is 1.25 bits per heavy atom. The van der Waals surface area contributed by atoms with E-state index in [0.717, 1.165) is 16.9 Å². The van der Waals surface area contributed by atoms with Crippen LogP contribution >= 0.6 is 0 Å². The smallest absolute Gasteiger partial charge is 0.319 e. The maximum absolute atomic E-state index is 5.57. The average Bonchev–Trinajstić information content (AvgIpc) is 2.75. The van der Waals surface area contributed by atoms with Crippen LogP contribution in [-0.4, -0.2) is 16.7 Å². The molecular formula is C11H9N3O2. The second kappa shape index (κ2) is 3.37. The lowest BCUT2D eigenvalue weighted by Gasteiger charge is -2.15. The lowest BCUT2D eigenvalue weighted by Crippen LogP contribution is -2.07. The van der Waals surface area contributed by atoms with Crippen LogP contribution < -0.4 is 10.5 Å². The molecule has 0 amide bonds. The minimum atomic E-state index is 0.0646. The topological polar surface area (TPSA) is 74.2 Å². The van der Waals surface area contributed by atoms with Gasteiger partial charge in [-0.1, -0.05) is 23.4 Å². The van der Waals surface area contributed by atoms with Crippen LogP contribution in [0.5, 0.6) is 5.75 Å². The van der Waals surface area contributed by atoms with Crippen LogP contribution in [0.3, 0.4) is 0 Å². The molecule has 0 bridgehead atoms. The molecule has 0 saturated heterocycles. The van der Waals surface area contributed by atoms with Crippen molar-refractivity contribution in [1.29, 1.82) is 0 Å². The molecule has 2 heterocycles. The lowest BCUT2D eigenvalue weighted by atomic mass is 10.1. The Kier molecular flexibility index (Phi) is 1.89. The third-order valence-electron chi connectivity index (χ3n) is 2.36. The normalized spacial score (nSPS) is 13.9. The fourth-order valence-corrected chi connectivity index (χ4v) is 1.61. The van der Waals surface area contributed by atoms with Crippen LogP contribution in [0.25, 0.3) is 11.6 Å². The lowest BCUT2D eigenvalue weighted by molar-refractivity contribution is 0.363. The van der Waals surface area contributed by atoms with E-state index in [1.165, 1.54) is 0 Å². The Morgan fingerprint density at radius 3 is 2.94 bits per heavy atom. The zero-order chi connectivity index (χ0) is 11.0. The van der Waals surface area contributed by atoms with Crippen molar-refractivity contribution in [3.05, 3.63) is 35.7 Å². The van der Waals surface area contributed by atoms with Gasteiger partial charge in [0.2, 0.25) is 5.82 Å². The molecule has 5 heteroatoms. The SMILES string of the molecule is Nc1nc(C2=Cc3ccccc3OC2)no1. The maximum atomic E-state index is 5.57. The molecule has 16 heavy (non-hydrogen) atoms. The molecule has 1 aromatic heterocycles. The van der Waals surface area contributed by atoms with Crippen LogP contribution in [-0.2, 0) is 0 Å². The molecule has 2 aromatic rings. The minimum absolute atomic E-state index is 0.0646. The second-order valence-corrected chi connectivity index (χ2v) is 3.45. The Bertz CT molecular complexity index is 560. The van der Waals surface area contributed by atoms with Crippen molar-refractivity contribution in [2.75, 3.05) is 12.3 Å². The highest BCUT2D eigenvalue weighted by atomic mass is 16.5. The van der Waals surface area contributed by atoms with Gasteiger partial charge >= 0.3 is 6.01 Å². The number of fused-ring (bicyclic) bond motifs is 1. The predicted molar refractivity (Wildman–Crippen MR) is 58.5 cm³/mol. The Balaban J connectivity index is 2.03. The summed E-state index contributed by atoms with van der Waals surface area (Å²) in [7, 11) is 0. The summed E-state index contributed by atoms with van der Waals surface area (Å²) in [5.41, 5.74) is 7.24. The van der Waals surface area contributed by atoms with E-state index in [2.05, 4.69) is 10.1 Å². The molecule has 1 aliphatic heterocycles. The van der Waals surface area contributed by atoms with Gasteiger partial charge in [-0.25, -0.2) is 0 Å². The highest BCUT2D eigenvalue weighted by Gasteiger charge is 2.16. The number of anilines is 1. The van der Waals surface area contributed by atoms with Crippen molar-refractivity contribution in [1.82, 2.24) is 10.1 Å². The number of para-hydroxylation sites is 1. The van der Waals surface area contributed by atoms with Crippen LogP contribution in [0.1, 0.15) is 11.4 Å². The first-order valence-electron chi connectivity index (χ1n) is 4.85. The molecule has 1 aliphatic rings. The maximum Gasteiger partial charge on any atom is 0.319 e. The van der Waals surface area contributed by atoms with E-state index in [1.807, 2.05) is 30.3 Å². The standard InChI is InChI=1S/C11H9N3O2/c12-11-13-10(14-16-11)8-5-7-3-1-2-4-9(7)15-6-8/h1-5H,6H2,(H2,12,13,14). The van der Waals surface area contributed by atoms with Crippen LogP contribution in [0.4, 0.5) is 6.01 Å². The van der Waals surface area contributed by atoms with Crippen molar-refractivity contribution in [3.63, 3.8) is 0 Å². The molecule has 3 rings (SSSR count). The zero-order valence-corrected chi connectivity index (χ0v) is 8.38. The molecular weight excluding hydrogens is 206 g/mol. The molecule has 0 spiro atoms. The molecule has 0 unspecified atom stereocenters. The van der Waals surface area contributed by atoms with Gasteiger partial charge in [-0.3, -0.25) is 0 Å².